The van der Waals surface area contributed by atoms with E-state index in [-0.39, 0.29) is 0 Å². The zero-order valence-corrected chi connectivity index (χ0v) is 7.59. The molecule has 0 fully saturated rings. The molecule has 0 heterocycles. The fourth-order valence-electron chi connectivity index (χ4n) is 0.720. The first-order chi connectivity index (χ1) is 5.25. The van der Waals surface area contributed by atoms with Gasteiger partial charge in [-0.15, -0.1) is 0 Å². The third-order valence-electron chi connectivity index (χ3n) is 1.29. The molecule has 0 saturated carbocycles. The third kappa shape index (κ3) is 3.59. The fourth-order valence-corrected chi connectivity index (χ4v) is 1.58. The van der Waals surface area contributed by atoms with E-state index in [1.807, 2.05) is 0 Å². The molecule has 0 saturated heterocycles. The summed E-state index contributed by atoms with van der Waals surface area (Å²) in [6, 6.07) is 0. The van der Waals surface area contributed by atoms with Gasteiger partial charge in [0, 0.05) is 6.42 Å². The largest absolute Gasteiger partial charge is 0.300 e. The highest BCUT2D eigenvalue weighted by molar-refractivity contribution is 7.87. The van der Waals surface area contributed by atoms with Crippen molar-refractivity contribution in [3.63, 3.8) is 0 Å². The van der Waals surface area contributed by atoms with Gasteiger partial charge in [-0.05, 0) is 13.8 Å². The molecule has 0 aliphatic heterocycles. The zero-order valence-electron chi connectivity index (χ0n) is 6.77. The molecule has 0 rings (SSSR count). The molecule has 1 N–H and O–H groups in total. The molecule has 5 nitrogen and oxygen atoms in total. The van der Waals surface area contributed by atoms with Crippen LogP contribution in [0.25, 0.3) is 0 Å². The van der Waals surface area contributed by atoms with Gasteiger partial charge in [0.2, 0.25) is 0 Å². The summed E-state index contributed by atoms with van der Waals surface area (Å²) in [6.45, 7) is 2.17. The van der Waals surface area contributed by atoms with E-state index in [0.717, 1.165) is 13.8 Å². The van der Waals surface area contributed by atoms with E-state index in [1.165, 1.54) is 0 Å². The molecule has 6 heteroatoms. The van der Waals surface area contributed by atoms with Crippen LogP contribution in [0.2, 0.25) is 0 Å². The van der Waals surface area contributed by atoms with Crippen LogP contribution < -0.4 is 0 Å². The Morgan fingerprint density at radius 2 is 1.75 bits per heavy atom. The predicted octanol–water partition coefficient (Wildman–Crippen LogP) is -0.189. The van der Waals surface area contributed by atoms with Crippen molar-refractivity contribution >= 4 is 21.7 Å². The van der Waals surface area contributed by atoms with Crippen molar-refractivity contribution in [2.24, 2.45) is 0 Å². The van der Waals surface area contributed by atoms with Crippen LogP contribution >= 0.6 is 0 Å². The van der Waals surface area contributed by atoms with Crippen LogP contribution in [0.15, 0.2) is 0 Å². The Morgan fingerprint density at radius 1 is 1.33 bits per heavy atom. The molecule has 70 valence electrons. The highest BCUT2D eigenvalue weighted by Crippen LogP contribution is 2.05. The molecule has 1 unspecified atom stereocenters. The maximum atomic E-state index is 10.6. The van der Waals surface area contributed by atoms with E-state index in [2.05, 4.69) is 0 Å². The third-order valence-corrected chi connectivity index (χ3v) is 2.50. The molecule has 0 aromatic carbocycles. The van der Waals surface area contributed by atoms with Crippen LogP contribution in [0.1, 0.15) is 20.3 Å². The number of hydrogen-bond acceptors (Lipinski definition) is 4. The molecule has 0 aliphatic carbocycles. The Kier molecular flexibility index (Phi) is 3.54. The molecule has 0 aliphatic rings. The lowest BCUT2D eigenvalue weighted by Crippen LogP contribution is -2.29. The van der Waals surface area contributed by atoms with Gasteiger partial charge >= 0.3 is 0 Å². The van der Waals surface area contributed by atoms with Gasteiger partial charge in [-0.25, -0.2) is 0 Å². The van der Waals surface area contributed by atoms with Gasteiger partial charge in [0.1, 0.15) is 5.78 Å². The van der Waals surface area contributed by atoms with Crippen molar-refractivity contribution in [1.29, 1.82) is 0 Å². The monoisotopic (exact) mass is 194 g/mol. The molecule has 0 aromatic heterocycles. The fraction of sp³-hybridized carbons (Fsp3) is 0.667. The molecule has 0 radical (unpaired) electrons. The Hall–Kier alpha value is -0.750. The second-order valence-corrected chi connectivity index (χ2v) is 4.12. The van der Waals surface area contributed by atoms with E-state index in [0.29, 0.717) is 0 Å². The first-order valence-electron chi connectivity index (χ1n) is 3.21. The first kappa shape index (κ1) is 11.2. The molecular weight excluding hydrogens is 184 g/mol. The molecule has 0 spiro atoms. The number of carbonyl (C=O) groups is 2. The summed E-state index contributed by atoms with van der Waals surface area (Å²) in [6.07, 6.45) is -0.464. The molecular formula is C6H10O5S. The van der Waals surface area contributed by atoms with E-state index < -0.39 is 33.4 Å². The van der Waals surface area contributed by atoms with Gasteiger partial charge in [-0.1, -0.05) is 0 Å². The van der Waals surface area contributed by atoms with Gasteiger partial charge < -0.3 is 0 Å². The summed E-state index contributed by atoms with van der Waals surface area (Å²) < 4.78 is 29.5. The van der Waals surface area contributed by atoms with E-state index in [1.54, 1.807) is 0 Å². The summed E-state index contributed by atoms with van der Waals surface area (Å²) in [5.74, 6) is -1.18. The zero-order chi connectivity index (χ0) is 9.94. The lowest BCUT2D eigenvalue weighted by atomic mass is 10.2. The quantitative estimate of drug-likeness (QED) is 0.626. The molecule has 0 bridgehead atoms. The highest BCUT2D eigenvalue weighted by atomic mass is 32.2. The van der Waals surface area contributed by atoms with Crippen LogP contribution in [-0.2, 0) is 19.7 Å². The predicted molar refractivity (Wildman–Crippen MR) is 41.3 cm³/mol. The van der Waals surface area contributed by atoms with Gasteiger partial charge in [-0.3, -0.25) is 14.1 Å². The second-order valence-electron chi connectivity index (χ2n) is 2.52. The van der Waals surface area contributed by atoms with E-state index in [4.69, 9.17) is 4.55 Å². The van der Waals surface area contributed by atoms with Gasteiger partial charge in [-0.2, -0.15) is 8.42 Å². The maximum Gasteiger partial charge on any atom is 0.275 e. The van der Waals surface area contributed by atoms with Crippen molar-refractivity contribution in [3.8, 4) is 0 Å². The summed E-state index contributed by atoms with van der Waals surface area (Å²) >= 11 is 0. The van der Waals surface area contributed by atoms with Crippen LogP contribution in [0.5, 0.6) is 0 Å². The molecule has 0 aromatic rings. The average Bonchev–Trinajstić information content (AvgIpc) is 1.79. The normalized spacial score (nSPS) is 13.9. The van der Waals surface area contributed by atoms with Crippen molar-refractivity contribution in [2.75, 3.05) is 0 Å². The Bertz CT molecular complexity index is 289. The SMILES string of the molecule is CC(=O)CC(C(C)=O)S(=O)(=O)O. The van der Waals surface area contributed by atoms with Crippen molar-refractivity contribution in [3.05, 3.63) is 0 Å². The topological polar surface area (TPSA) is 88.5 Å². The minimum Gasteiger partial charge on any atom is -0.300 e. The smallest absolute Gasteiger partial charge is 0.275 e. The summed E-state index contributed by atoms with van der Waals surface area (Å²) in [5.41, 5.74) is 0. The Labute approximate surface area is 70.5 Å². The summed E-state index contributed by atoms with van der Waals surface area (Å²) in [5, 5.41) is -1.60. The van der Waals surface area contributed by atoms with Gasteiger partial charge in [0.15, 0.2) is 11.0 Å². The number of ketones is 2. The van der Waals surface area contributed by atoms with Crippen molar-refractivity contribution < 1.29 is 22.6 Å². The van der Waals surface area contributed by atoms with Gasteiger partial charge in [0.05, 0.1) is 0 Å². The average molecular weight is 194 g/mol. The maximum absolute atomic E-state index is 10.6. The summed E-state index contributed by atoms with van der Waals surface area (Å²) in [7, 11) is -4.43. The number of hydrogen-bond donors (Lipinski definition) is 1. The van der Waals surface area contributed by atoms with E-state index in [9.17, 15) is 18.0 Å². The van der Waals surface area contributed by atoms with Crippen molar-refractivity contribution in [1.82, 2.24) is 0 Å². The minimum absolute atomic E-state index is 0.451. The van der Waals surface area contributed by atoms with Crippen LogP contribution in [0.4, 0.5) is 0 Å². The number of carbonyl (C=O) groups excluding carboxylic acids is 2. The van der Waals surface area contributed by atoms with Gasteiger partial charge in [0.25, 0.3) is 10.1 Å². The number of Topliss-reactive ketones (excluding diaryl/α,β-unsaturated/α-hetero) is 2. The van der Waals surface area contributed by atoms with Crippen LogP contribution in [0.3, 0.4) is 0 Å². The van der Waals surface area contributed by atoms with Crippen LogP contribution in [0, 0.1) is 0 Å². The molecule has 0 amide bonds. The van der Waals surface area contributed by atoms with Crippen molar-refractivity contribution in [2.45, 2.75) is 25.5 Å². The molecule has 12 heavy (non-hydrogen) atoms. The second kappa shape index (κ2) is 3.77. The standard InChI is InChI=1S/C6H10O5S/c1-4(7)3-6(5(2)8)12(9,10)11/h6H,3H2,1-2H3,(H,9,10,11). The Morgan fingerprint density at radius 3 is 1.83 bits per heavy atom. The van der Waals surface area contributed by atoms with E-state index >= 15 is 0 Å². The highest BCUT2D eigenvalue weighted by Gasteiger charge is 2.28. The Balaban J connectivity index is 4.70. The summed E-state index contributed by atoms with van der Waals surface area (Å²) in [4.78, 5) is 21.1. The lowest BCUT2D eigenvalue weighted by Gasteiger charge is -2.06. The number of rotatable bonds is 4. The van der Waals surface area contributed by atoms with Crippen LogP contribution in [-0.4, -0.2) is 29.8 Å². The first-order valence-corrected chi connectivity index (χ1v) is 4.71. The molecule has 1 atom stereocenters. The minimum atomic E-state index is -4.43. The lowest BCUT2D eigenvalue weighted by molar-refractivity contribution is -0.121.